The number of phenols is 1. The molecule has 0 amide bonds. The second-order valence-electron chi connectivity index (χ2n) is 4.74. The second kappa shape index (κ2) is 4.34. The number of likely N-dealkylation sites (N-methyl/N-ethyl adjacent to an activating group) is 1. The molecule has 0 unspecified atom stereocenters. The molecular weight excluding hydrogens is 202 g/mol. The lowest BCUT2D eigenvalue weighted by molar-refractivity contribution is 0.230. The van der Waals surface area contributed by atoms with Gasteiger partial charge >= 0.3 is 0 Å². The van der Waals surface area contributed by atoms with Crippen molar-refractivity contribution in [3.05, 3.63) is 23.3 Å². The van der Waals surface area contributed by atoms with Crippen molar-refractivity contribution < 1.29 is 9.84 Å². The van der Waals surface area contributed by atoms with E-state index in [1.807, 2.05) is 26.0 Å². The standard InChI is InChI=1S/C13H19NO2/c1-9(2)16-13-7-10-4-5-14(3)8-11(10)6-12(13)15/h6-7,9,15H,4-5,8H2,1-3H3. The van der Waals surface area contributed by atoms with E-state index in [4.69, 9.17) is 4.74 Å². The van der Waals surface area contributed by atoms with E-state index in [0.717, 1.165) is 19.5 Å². The van der Waals surface area contributed by atoms with E-state index >= 15 is 0 Å². The fraction of sp³-hybridized carbons (Fsp3) is 0.538. The highest BCUT2D eigenvalue weighted by Crippen LogP contribution is 2.32. The summed E-state index contributed by atoms with van der Waals surface area (Å²) in [6.45, 7) is 5.91. The third-order valence-electron chi connectivity index (χ3n) is 2.85. The number of hydrogen-bond donors (Lipinski definition) is 1. The molecule has 0 atom stereocenters. The SMILES string of the molecule is CC(C)Oc1cc2c(cc1O)CN(C)CC2. The van der Waals surface area contributed by atoms with E-state index in [1.165, 1.54) is 11.1 Å². The van der Waals surface area contributed by atoms with Gasteiger partial charge in [-0.3, -0.25) is 0 Å². The van der Waals surface area contributed by atoms with Crippen LogP contribution in [0.25, 0.3) is 0 Å². The number of nitrogens with zero attached hydrogens (tertiary/aromatic N) is 1. The number of ether oxygens (including phenoxy) is 1. The van der Waals surface area contributed by atoms with Crippen molar-refractivity contribution in [3.8, 4) is 11.5 Å². The number of aromatic hydroxyl groups is 1. The van der Waals surface area contributed by atoms with Gasteiger partial charge in [-0.1, -0.05) is 0 Å². The van der Waals surface area contributed by atoms with E-state index in [0.29, 0.717) is 5.75 Å². The van der Waals surface area contributed by atoms with Crippen LogP contribution in [0.15, 0.2) is 12.1 Å². The molecule has 2 rings (SSSR count). The Kier molecular flexibility index (Phi) is 3.06. The maximum absolute atomic E-state index is 9.86. The highest BCUT2D eigenvalue weighted by molar-refractivity contribution is 5.47. The van der Waals surface area contributed by atoms with Gasteiger partial charge in [-0.25, -0.2) is 0 Å². The summed E-state index contributed by atoms with van der Waals surface area (Å²) in [6.07, 6.45) is 1.12. The van der Waals surface area contributed by atoms with E-state index in [1.54, 1.807) is 0 Å². The van der Waals surface area contributed by atoms with E-state index < -0.39 is 0 Å². The van der Waals surface area contributed by atoms with Crippen LogP contribution in [-0.4, -0.2) is 29.7 Å². The van der Waals surface area contributed by atoms with Crippen molar-refractivity contribution in [3.63, 3.8) is 0 Å². The van der Waals surface area contributed by atoms with Gasteiger partial charge in [-0.2, -0.15) is 0 Å². The molecule has 3 nitrogen and oxygen atoms in total. The van der Waals surface area contributed by atoms with Gasteiger partial charge in [-0.05, 0) is 50.6 Å². The molecule has 0 aliphatic carbocycles. The Labute approximate surface area is 96.6 Å². The van der Waals surface area contributed by atoms with E-state index in [-0.39, 0.29) is 11.9 Å². The normalized spacial score (nSPS) is 16.2. The van der Waals surface area contributed by atoms with Gasteiger partial charge in [0.05, 0.1) is 6.10 Å². The first-order valence-electron chi connectivity index (χ1n) is 5.76. The molecule has 3 heteroatoms. The Hall–Kier alpha value is -1.22. The number of phenolic OH excluding ortho intramolecular Hbond substituents is 1. The summed E-state index contributed by atoms with van der Waals surface area (Å²) in [5.41, 5.74) is 2.51. The number of fused-ring (bicyclic) bond motifs is 1. The first-order valence-corrected chi connectivity index (χ1v) is 5.76. The van der Waals surface area contributed by atoms with Gasteiger partial charge in [0.15, 0.2) is 11.5 Å². The summed E-state index contributed by atoms with van der Waals surface area (Å²) in [5.74, 6) is 0.862. The summed E-state index contributed by atoms with van der Waals surface area (Å²) in [7, 11) is 2.10. The predicted molar refractivity (Wildman–Crippen MR) is 63.9 cm³/mol. The molecule has 1 aromatic rings. The van der Waals surface area contributed by atoms with Crippen molar-refractivity contribution in [2.24, 2.45) is 0 Å². The summed E-state index contributed by atoms with van der Waals surface area (Å²) in [5, 5.41) is 9.86. The molecule has 0 radical (unpaired) electrons. The monoisotopic (exact) mass is 221 g/mol. The minimum absolute atomic E-state index is 0.0928. The molecule has 0 bridgehead atoms. The molecule has 1 heterocycles. The largest absolute Gasteiger partial charge is 0.504 e. The molecule has 0 saturated heterocycles. The molecule has 0 spiro atoms. The highest BCUT2D eigenvalue weighted by atomic mass is 16.5. The minimum atomic E-state index is 0.0928. The van der Waals surface area contributed by atoms with E-state index in [2.05, 4.69) is 11.9 Å². The summed E-state index contributed by atoms with van der Waals surface area (Å²) < 4.78 is 5.57. The fourth-order valence-corrected chi connectivity index (χ4v) is 2.06. The van der Waals surface area contributed by atoms with Gasteiger partial charge in [0.2, 0.25) is 0 Å². The Morgan fingerprint density at radius 2 is 2.06 bits per heavy atom. The molecule has 16 heavy (non-hydrogen) atoms. The van der Waals surface area contributed by atoms with Crippen LogP contribution < -0.4 is 4.74 Å². The molecule has 0 aromatic heterocycles. The molecular formula is C13H19NO2. The quantitative estimate of drug-likeness (QED) is 0.830. The van der Waals surface area contributed by atoms with Crippen LogP contribution in [-0.2, 0) is 13.0 Å². The van der Waals surface area contributed by atoms with Crippen LogP contribution in [0.3, 0.4) is 0 Å². The average molecular weight is 221 g/mol. The van der Waals surface area contributed by atoms with E-state index in [9.17, 15) is 5.11 Å². The van der Waals surface area contributed by atoms with Gasteiger partial charge in [0.1, 0.15) is 0 Å². The Morgan fingerprint density at radius 3 is 2.75 bits per heavy atom. The van der Waals surface area contributed by atoms with Crippen LogP contribution in [0.1, 0.15) is 25.0 Å². The van der Waals surface area contributed by atoms with Gasteiger partial charge < -0.3 is 14.7 Å². The highest BCUT2D eigenvalue weighted by Gasteiger charge is 2.16. The maximum atomic E-state index is 9.86. The van der Waals surface area contributed by atoms with Crippen LogP contribution >= 0.6 is 0 Å². The smallest absolute Gasteiger partial charge is 0.161 e. The number of hydrogen-bond acceptors (Lipinski definition) is 3. The topological polar surface area (TPSA) is 32.7 Å². The molecule has 0 fully saturated rings. The lowest BCUT2D eigenvalue weighted by Crippen LogP contribution is -2.26. The van der Waals surface area contributed by atoms with Crippen LogP contribution in [0.2, 0.25) is 0 Å². The lowest BCUT2D eigenvalue weighted by atomic mass is 9.99. The van der Waals surface area contributed by atoms with Crippen molar-refractivity contribution in [2.45, 2.75) is 32.9 Å². The fourth-order valence-electron chi connectivity index (χ4n) is 2.06. The van der Waals surface area contributed by atoms with Crippen LogP contribution in [0.4, 0.5) is 0 Å². The molecule has 1 aliphatic heterocycles. The van der Waals surface area contributed by atoms with Crippen LogP contribution in [0, 0.1) is 0 Å². The number of rotatable bonds is 2. The predicted octanol–water partition coefficient (Wildman–Crippen LogP) is 2.17. The molecule has 88 valence electrons. The zero-order valence-electron chi connectivity index (χ0n) is 10.2. The summed E-state index contributed by atoms with van der Waals surface area (Å²) in [4.78, 5) is 2.25. The van der Waals surface area contributed by atoms with Gasteiger partial charge in [0.25, 0.3) is 0 Å². The third kappa shape index (κ3) is 2.30. The molecule has 1 aliphatic rings. The van der Waals surface area contributed by atoms with Crippen molar-refractivity contribution in [1.29, 1.82) is 0 Å². The van der Waals surface area contributed by atoms with Gasteiger partial charge in [0, 0.05) is 13.1 Å². The van der Waals surface area contributed by atoms with Gasteiger partial charge in [-0.15, -0.1) is 0 Å². The van der Waals surface area contributed by atoms with Crippen molar-refractivity contribution >= 4 is 0 Å². The summed E-state index contributed by atoms with van der Waals surface area (Å²) in [6, 6.07) is 3.82. The third-order valence-corrected chi connectivity index (χ3v) is 2.85. The zero-order chi connectivity index (χ0) is 11.7. The first-order chi connectivity index (χ1) is 7.56. The zero-order valence-corrected chi connectivity index (χ0v) is 10.2. The average Bonchev–Trinajstić information content (AvgIpc) is 2.19. The Morgan fingerprint density at radius 1 is 1.31 bits per heavy atom. The molecule has 0 saturated carbocycles. The first kappa shape index (κ1) is 11.3. The number of benzene rings is 1. The van der Waals surface area contributed by atoms with Crippen molar-refractivity contribution in [2.75, 3.05) is 13.6 Å². The second-order valence-corrected chi connectivity index (χ2v) is 4.74. The van der Waals surface area contributed by atoms with Crippen molar-refractivity contribution in [1.82, 2.24) is 4.90 Å². The summed E-state index contributed by atoms with van der Waals surface area (Å²) >= 11 is 0. The Bertz CT molecular complexity index is 388. The lowest BCUT2D eigenvalue weighted by Gasteiger charge is -2.26. The molecule has 1 N–H and O–H groups in total. The van der Waals surface area contributed by atoms with Crippen LogP contribution in [0.5, 0.6) is 11.5 Å². The minimum Gasteiger partial charge on any atom is -0.504 e. The Balaban J connectivity index is 2.30. The maximum Gasteiger partial charge on any atom is 0.161 e. The molecule has 1 aromatic carbocycles.